The topological polar surface area (TPSA) is 0 Å². The first-order valence-corrected chi connectivity index (χ1v) is 19.6. The summed E-state index contributed by atoms with van der Waals surface area (Å²) >= 11 is 3.28. The standard InChI is InChI=1S/C8H15.BrH.Hg/c1-2-4-6-8-7-5-3-1;;/h1H,2-8H2;1H;/q;;+1/p-1. The molecule has 1 aliphatic carbocycles. The molecule has 0 nitrogen and oxygen atoms in total. The SMILES string of the molecule is [Br][Hg][CH]1CCCCCCC1. The maximum absolute atomic E-state index is 3.79. The molecule has 1 saturated carbocycles. The van der Waals surface area contributed by atoms with E-state index < -0.39 is 22.1 Å². The molecule has 0 N–H and O–H groups in total. The molecule has 0 unspecified atom stereocenters. The van der Waals surface area contributed by atoms with E-state index in [1.165, 1.54) is 35.5 Å². The quantitative estimate of drug-likeness (QED) is 0.595. The summed E-state index contributed by atoms with van der Waals surface area (Å²) in [6.07, 6.45) is 10.7. The Labute approximate surface area is 81.8 Å². The minimum atomic E-state index is -0.509. The number of rotatable bonds is 1. The average molecular weight is 392 g/mol. The van der Waals surface area contributed by atoms with Gasteiger partial charge in [0.1, 0.15) is 0 Å². The second-order valence-electron chi connectivity index (χ2n) is 3.37. The van der Waals surface area contributed by atoms with Crippen molar-refractivity contribution in [2.75, 3.05) is 0 Å². The van der Waals surface area contributed by atoms with Crippen LogP contribution >= 0.6 is 11.9 Å². The van der Waals surface area contributed by atoms with Crippen molar-refractivity contribution in [3.8, 4) is 0 Å². The van der Waals surface area contributed by atoms with E-state index >= 15 is 0 Å². The van der Waals surface area contributed by atoms with E-state index in [1.807, 2.05) is 0 Å². The summed E-state index contributed by atoms with van der Waals surface area (Å²) in [6, 6.07) is 0. The van der Waals surface area contributed by atoms with Gasteiger partial charge in [0.2, 0.25) is 0 Å². The predicted molar refractivity (Wildman–Crippen MR) is 45.0 cm³/mol. The van der Waals surface area contributed by atoms with Gasteiger partial charge in [-0.1, -0.05) is 0 Å². The van der Waals surface area contributed by atoms with Crippen LogP contribution in [0.25, 0.3) is 0 Å². The van der Waals surface area contributed by atoms with Crippen LogP contribution in [-0.4, -0.2) is 0 Å². The fourth-order valence-electron chi connectivity index (χ4n) is 1.69. The number of halogens is 1. The molecule has 0 saturated heterocycles. The third-order valence-electron chi connectivity index (χ3n) is 2.44. The van der Waals surface area contributed by atoms with Crippen LogP contribution in [0.1, 0.15) is 44.9 Å². The van der Waals surface area contributed by atoms with Gasteiger partial charge in [0.15, 0.2) is 0 Å². The number of hydrogen-bond donors (Lipinski definition) is 0. The molecule has 0 aromatic carbocycles. The average Bonchev–Trinajstić information content (AvgIpc) is 1.87. The van der Waals surface area contributed by atoms with Crippen molar-refractivity contribution in [1.82, 2.24) is 0 Å². The van der Waals surface area contributed by atoms with Crippen LogP contribution in [0.3, 0.4) is 0 Å². The van der Waals surface area contributed by atoms with E-state index in [9.17, 15) is 0 Å². The second kappa shape index (κ2) is 5.99. The molecule has 0 aliphatic heterocycles. The summed E-state index contributed by atoms with van der Waals surface area (Å²) in [5, 5.41) is 0. The van der Waals surface area contributed by atoms with Gasteiger partial charge in [-0.15, -0.1) is 0 Å². The van der Waals surface area contributed by atoms with Crippen LogP contribution in [0.5, 0.6) is 0 Å². The van der Waals surface area contributed by atoms with Crippen LogP contribution in [0.4, 0.5) is 0 Å². The van der Waals surface area contributed by atoms with Gasteiger partial charge in [-0.2, -0.15) is 0 Å². The summed E-state index contributed by atoms with van der Waals surface area (Å²) in [4.78, 5) is 0. The van der Waals surface area contributed by atoms with E-state index in [1.54, 1.807) is 12.8 Å². The molecular weight excluding hydrogens is 377 g/mol. The molecule has 0 spiro atoms. The molecule has 1 fully saturated rings. The molecule has 1 aliphatic rings. The van der Waals surface area contributed by atoms with Crippen molar-refractivity contribution in [3.05, 3.63) is 0 Å². The fraction of sp³-hybridized carbons (Fsp3) is 1.00. The summed E-state index contributed by atoms with van der Waals surface area (Å²) in [7, 11) is 0. The molecule has 0 bridgehead atoms. The normalized spacial score (nSPS) is 22.9. The minimum absolute atomic E-state index is 0.509. The Morgan fingerprint density at radius 1 is 0.900 bits per heavy atom. The van der Waals surface area contributed by atoms with Crippen molar-refractivity contribution in [1.29, 1.82) is 0 Å². The van der Waals surface area contributed by atoms with E-state index in [4.69, 9.17) is 0 Å². The van der Waals surface area contributed by atoms with E-state index in [0.29, 0.717) is 0 Å². The van der Waals surface area contributed by atoms with E-state index in [2.05, 4.69) is 11.9 Å². The van der Waals surface area contributed by atoms with Crippen LogP contribution < -0.4 is 0 Å². The Morgan fingerprint density at radius 3 is 1.90 bits per heavy atom. The van der Waals surface area contributed by atoms with Gasteiger partial charge in [-0.25, -0.2) is 0 Å². The number of hydrogen-bond acceptors (Lipinski definition) is 0. The Morgan fingerprint density at radius 2 is 1.40 bits per heavy atom. The fourth-order valence-corrected chi connectivity index (χ4v) is 10.8. The van der Waals surface area contributed by atoms with Crippen molar-refractivity contribution in [2.45, 2.75) is 48.4 Å². The Kier molecular flexibility index (Phi) is 5.69. The second-order valence-corrected chi connectivity index (χ2v) is 14.7. The monoisotopic (exact) mass is 392 g/mol. The van der Waals surface area contributed by atoms with Gasteiger partial charge < -0.3 is 0 Å². The van der Waals surface area contributed by atoms with Crippen LogP contribution in [0.15, 0.2) is 0 Å². The molecule has 2 heteroatoms. The first-order valence-electron chi connectivity index (χ1n) is 4.49. The van der Waals surface area contributed by atoms with Crippen molar-refractivity contribution in [2.24, 2.45) is 0 Å². The summed E-state index contributed by atoms with van der Waals surface area (Å²) in [5.41, 5.74) is 0. The Hall–Kier alpha value is 1.42. The summed E-state index contributed by atoms with van der Waals surface area (Å²) in [5.74, 6) is 0. The zero-order valence-electron chi connectivity index (χ0n) is 6.61. The van der Waals surface area contributed by atoms with Gasteiger partial charge in [-0.05, 0) is 0 Å². The third-order valence-corrected chi connectivity index (χ3v) is 15.3. The first-order chi connectivity index (χ1) is 4.93. The van der Waals surface area contributed by atoms with Gasteiger partial charge in [0.05, 0.1) is 0 Å². The molecule has 1 rings (SSSR count). The summed E-state index contributed by atoms with van der Waals surface area (Å²) < 4.78 is 1.21. The molecule has 10 heavy (non-hydrogen) atoms. The Bertz CT molecular complexity index is 77.3. The van der Waals surface area contributed by atoms with Gasteiger partial charge in [-0.3, -0.25) is 0 Å². The third kappa shape index (κ3) is 3.70. The molecular formula is C8H15BrHg. The van der Waals surface area contributed by atoms with Crippen molar-refractivity contribution < 1.29 is 22.1 Å². The van der Waals surface area contributed by atoms with Crippen LogP contribution in [0.2, 0.25) is 3.43 Å². The van der Waals surface area contributed by atoms with E-state index in [0.717, 1.165) is 0 Å². The zero-order chi connectivity index (χ0) is 7.23. The molecule has 0 heterocycles. The molecule has 56 valence electrons. The van der Waals surface area contributed by atoms with Gasteiger partial charge in [0.25, 0.3) is 0 Å². The van der Waals surface area contributed by atoms with E-state index in [-0.39, 0.29) is 0 Å². The van der Waals surface area contributed by atoms with Crippen LogP contribution in [0, 0.1) is 0 Å². The van der Waals surface area contributed by atoms with Gasteiger partial charge in [0, 0.05) is 0 Å². The molecule has 0 aromatic rings. The first kappa shape index (κ1) is 9.50. The zero-order valence-corrected chi connectivity index (χ0v) is 13.7. The molecule has 0 atom stereocenters. The summed E-state index contributed by atoms with van der Waals surface area (Å²) in [6.45, 7) is 0. The Balaban J connectivity index is 2.16. The molecule has 0 aromatic heterocycles. The molecule has 0 amide bonds. The molecule has 0 radical (unpaired) electrons. The van der Waals surface area contributed by atoms with Crippen LogP contribution in [-0.2, 0) is 22.1 Å². The van der Waals surface area contributed by atoms with Crippen molar-refractivity contribution in [3.63, 3.8) is 0 Å². The van der Waals surface area contributed by atoms with Crippen molar-refractivity contribution >= 4 is 11.9 Å². The van der Waals surface area contributed by atoms with Gasteiger partial charge >= 0.3 is 82.4 Å². The predicted octanol–water partition coefficient (Wildman–Crippen LogP) is 3.91. The maximum atomic E-state index is 3.79.